The third-order valence-electron chi connectivity index (χ3n) is 3.59. The first kappa shape index (κ1) is 14.3. The quantitative estimate of drug-likeness (QED) is 0.295. The van der Waals surface area contributed by atoms with Gasteiger partial charge in [0.2, 0.25) is 5.95 Å². The molecule has 10 heteroatoms. The van der Waals surface area contributed by atoms with E-state index in [4.69, 9.17) is 16.3 Å². The monoisotopic (exact) mass is 311 g/mol. The number of nitrogens with two attached hydrogens (primary N) is 2. The lowest BCUT2D eigenvalue weighted by Crippen LogP contribution is -2.27. The SMILES string of the molecule is CC[C@H]1O[C@@H](n2cnc3c(N)nc(NN)nc32)[C@H](S)[C@@H]1O. The molecule has 0 unspecified atom stereocenters. The highest BCUT2D eigenvalue weighted by Crippen LogP contribution is 2.36. The van der Waals surface area contributed by atoms with E-state index in [9.17, 15) is 5.11 Å². The van der Waals surface area contributed by atoms with Crippen LogP contribution in [0.4, 0.5) is 11.8 Å². The minimum atomic E-state index is -0.660. The van der Waals surface area contributed by atoms with Gasteiger partial charge in [0.25, 0.3) is 0 Å². The third-order valence-corrected chi connectivity index (χ3v) is 4.15. The van der Waals surface area contributed by atoms with E-state index in [1.165, 1.54) is 0 Å². The van der Waals surface area contributed by atoms with Gasteiger partial charge in [-0.3, -0.25) is 9.99 Å². The predicted molar refractivity (Wildman–Crippen MR) is 80.5 cm³/mol. The summed E-state index contributed by atoms with van der Waals surface area (Å²) in [6.45, 7) is 1.94. The standard InChI is InChI=1S/C11H17N7O2S/c1-2-4-6(19)7(21)10(20-4)18-3-14-5-8(12)15-11(17-13)16-9(5)18/h3-4,6-7,10,19,21H,2,13H2,1H3,(H3,12,15,16,17)/t4-,6-,7-,10-/m1/s1. The van der Waals surface area contributed by atoms with Gasteiger partial charge in [0.15, 0.2) is 17.7 Å². The highest BCUT2D eigenvalue weighted by Gasteiger charge is 2.42. The van der Waals surface area contributed by atoms with Gasteiger partial charge < -0.3 is 15.6 Å². The van der Waals surface area contributed by atoms with Gasteiger partial charge >= 0.3 is 0 Å². The van der Waals surface area contributed by atoms with Gasteiger partial charge in [0.05, 0.1) is 23.8 Å². The van der Waals surface area contributed by atoms with Crippen molar-refractivity contribution in [1.29, 1.82) is 0 Å². The number of aliphatic hydroxyl groups is 1. The molecule has 9 nitrogen and oxygen atoms in total. The van der Waals surface area contributed by atoms with Gasteiger partial charge in [-0.15, -0.1) is 0 Å². The Labute approximate surface area is 126 Å². The summed E-state index contributed by atoms with van der Waals surface area (Å²) in [5, 5.41) is 9.74. The van der Waals surface area contributed by atoms with Gasteiger partial charge in [-0.05, 0) is 6.42 Å². The number of nitrogens with zero attached hydrogens (tertiary/aromatic N) is 4. The van der Waals surface area contributed by atoms with Crippen molar-refractivity contribution in [2.45, 2.75) is 37.0 Å². The number of hydrogen-bond donors (Lipinski definition) is 5. The van der Waals surface area contributed by atoms with Gasteiger partial charge in [-0.2, -0.15) is 22.6 Å². The maximum absolute atomic E-state index is 10.1. The molecular formula is C11H17N7O2S. The summed E-state index contributed by atoms with van der Waals surface area (Å²) < 4.78 is 7.53. The molecule has 2 aromatic rings. The molecule has 3 rings (SSSR count). The van der Waals surface area contributed by atoms with Crippen molar-refractivity contribution in [3.63, 3.8) is 0 Å². The van der Waals surface area contributed by atoms with Gasteiger partial charge in [0, 0.05) is 0 Å². The second kappa shape index (κ2) is 5.30. The average Bonchev–Trinajstić information content (AvgIpc) is 3.02. The number of fused-ring (bicyclic) bond motifs is 1. The van der Waals surface area contributed by atoms with E-state index in [0.29, 0.717) is 17.6 Å². The molecule has 0 aromatic carbocycles. The van der Waals surface area contributed by atoms with Crippen molar-refractivity contribution in [1.82, 2.24) is 19.5 Å². The smallest absolute Gasteiger partial charge is 0.241 e. The summed E-state index contributed by atoms with van der Waals surface area (Å²) in [7, 11) is 0. The van der Waals surface area contributed by atoms with Crippen LogP contribution in [0.15, 0.2) is 6.33 Å². The van der Waals surface area contributed by atoms with Crippen molar-refractivity contribution >= 4 is 35.6 Å². The zero-order valence-electron chi connectivity index (χ0n) is 11.3. The van der Waals surface area contributed by atoms with Crippen LogP contribution in [0.25, 0.3) is 11.2 Å². The van der Waals surface area contributed by atoms with Gasteiger partial charge in [-0.1, -0.05) is 6.92 Å². The van der Waals surface area contributed by atoms with Gasteiger partial charge in [-0.25, -0.2) is 10.8 Å². The number of aromatic nitrogens is 4. The third kappa shape index (κ3) is 2.20. The molecule has 1 aliphatic rings. The number of ether oxygens (including phenoxy) is 1. The lowest BCUT2D eigenvalue weighted by Gasteiger charge is -2.17. The fourth-order valence-corrected chi connectivity index (χ4v) is 2.89. The molecule has 114 valence electrons. The van der Waals surface area contributed by atoms with E-state index in [1.54, 1.807) is 10.9 Å². The van der Waals surface area contributed by atoms with Gasteiger partial charge in [0.1, 0.15) is 5.52 Å². The maximum atomic E-state index is 10.1. The predicted octanol–water partition coefficient (Wildman–Crippen LogP) is -0.339. The Hall–Kier alpha value is -1.62. The number of nitrogens with one attached hydrogen (secondary N) is 1. The molecule has 1 fully saturated rings. The van der Waals surface area contributed by atoms with Crippen LogP contribution in [-0.2, 0) is 4.74 Å². The highest BCUT2D eigenvalue weighted by atomic mass is 32.1. The van der Waals surface area contributed by atoms with Crippen LogP contribution in [-0.4, -0.2) is 42.1 Å². The first-order chi connectivity index (χ1) is 10.1. The van der Waals surface area contributed by atoms with Crippen LogP contribution >= 0.6 is 12.6 Å². The van der Waals surface area contributed by atoms with Crippen LogP contribution in [0, 0.1) is 0 Å². The summed E-state index contributed by atoms with van der Waals surface area (Å²) in [4.78, 5) is 12.4. The Morgan fingerprint density at radius 1 is 1.52 bits per heavy atom. The number of imidazole rings is 1. The van der Waals surface area contributed by atoms with Crippen LogP contribution in [0.2, 0.25) is 0 Å². The van der Waals surface area contributed by atoms with Crippen molar-refractivity contribution in [2.24, 2.45) is 5.84 Å². The minimum absolute atomic E-state index is 0.183. The van der Waals surface area contributed by atoms with Crippen LogP contribution in [0.3, 0.4) is 0 Å². The number of aliphatic hydroxyl groups excluding tert-OH is 1. The summed E-state index contributed by atoms with van der Waals surface area (Å²) in [6.07, 6.45) is 0.814. The van der Waals surface area contributed by atoms with E-state index >= 15 is 0 Å². The summed E-state index contributed by atoms with van der Waals surface area (Å²) in [6, 6.07) is 0. The molecule has 0 aliphatic carbocycles. The van der Waals surface area contributed by atoms with Crippen LogP contribution in [0.5, 0.6) is 0 Å². The molecule has 0 saturated carbocycles. The zero-order chi connectivity index (χ0) is 15.1. The highest BCUT2D eigenvalue weighted by molar-refractivity contribution is 7.81. The second-order valence-corrected chi connectivity index (χ2v) is 5.45. The number of hydrazine groups is 1. The number of nitrogen functional groups attached to an aromatic ring is 2. The molecule has 1 saturated heterocycles. The lowest BCUT2D eigenvalue weighted by atomic mass is 10.1. The Morgan fingerprint density at radius 3 is 2.90 bits per heavy atom. The molecule has 0 bridgehead atoms. The van der Waals surface area contributed by atoms with Crippen molar-refractivity contribution in [2.75, 3.05) is 11.2 Å². The summed E-state index contributed by atoms with van der Waals surface area (Å²) >= 11 is 4.44. The van der Waals surface area contributed by atoms with E-state index in [1.807, 2.05) is 6.92 Å². The number of thiol groups is 1. The number of rotatable bonds is 3. The summed E-state index contributed by atoms with van der Waals surface area (Å²) in [5.41, 5.74) is 9.11. The van der Waals surface area contributed by atoms with Crippen molar-refractivity contribution in [3.05, 3.63) is 6.33 Å². The van der Waals surface area contributed by atoms with E-state index < -0.39 is 17.6 Å². The average molecular weight is 311 g/mol. The molecule has 21 heavy (non-hydrogen) atoms. The summed E-state index contributed by atoms with van der Waals surface area (Å²) in [5.74, 6) is 5.73. The van der Waals surface area contributed by atoms with E-state index in [-0.39, 0.29) is 17.9 Å². The topological polar surface area (TPSA) is 137 Å². The first-order valence-electron chi connectivity index (χ1n) is 6.55. The second-order valence-electron chi connectivity index (χ2n) is 4.86. The maximum Gasteiger partial charge on any atom is 0.241 e. The van der Waals surface area contributed by atoms with Crippen LogP contribution in [0.1, 0.15) is 19.6 Å². The molecule has 4 atom stereocenters. The molecule has 2 aromatic heterocycles. The minimum Gasteiger partial charge on any atom is -0.389 e. The number of hydrogen-bond acceptors (Lipinski definition) is 9. The molecule has 0 amide bonds. The molecule has 6 N–H and O–H groups in total. The Balaban J connectivity index is 2.07. The fourth-order valence-electron chi connectivity index (χ4n) is 2.49. The molecule has 3 heterocycles. The largest absolute Gasteiger partial charge is 0.389 e. The van der Waals surface area contributed by atoms with E-state index in [2.05, 4.69) is 33.0 Å². The lowest BCUT2D eigenvalue weighted by molar-refractivity contribution is -0.0180. The first-order valence-corrected chi connectivity index (χ1v) is 7.06. The number of anilines is 2. The Kier molecular flexibility index (Phi) is 3.61. The van der Waals surface area contributed by atoms with Crippen LogP contribution < -0.4 is 17.0 Å². The van der Waals surface area contributed by atoms with Crippen molar-refractivity contribution < 1.29 is 9.84 Å². The normalized spacial score (nSPS) is 29.1. The molecule has 0 spiro atoms. The molecule has 0 radical (unpaired) electrons. The van der Waals surface area contributed by atoms with Crippen molar-refractivity contribution in [3.8, 4) is 0 Å². The Bertz CT molecular complexity index is 663. The Morgan fingerprint density at radius 2 is 2.29 bits per heavy atom. The fraction of sp³-hybridized carbons (Fsp3) is 0.545. The van der Waals surface area contributed by atoms with E-state index in [0.717, 1.165) is 0 Å². The molecule has 1 aliphatic heterocycles. The molecular weight excluding hydrogens is 294 g/mol. The zero-order valence-corrected chi connectivity index (χ0v) is 12.2.